The lowest BCUT2D eigenvalue weighted by atomic mass is 9.95. The molecule has 2 heterocycles. The monoisotopic (exact) mass is 779 g/mol. The first kappa shape index (κ1) is 42.7. The topological polar surface area (TPSA) is 158 Å². The van der Waals surface area contributed by atoms with Crippen molar-refractivity contribution in [3.63, 3.8) is 0 Å². The van der Waals surface area contributed by atoms with Crippen LogP contribution in [-0.2, 0) is 36.5 Å². The van der Waals surface area contributed by atoms with Crippen LogP contribution in [0, 0.1) is 17.8 Å². The Bertz CT molecular complexity index is 1630. The molecule has 1 saturated carbocycles. The molecular weight excluding hydrogens is 728 g/mol. The number of ether oxygens (including phenoxy) is 1. The minimum atomic E-state index is -4.52. The maximum Gasteiger partial charge on any atom is 0.416 e. The molecule has 1 aliphatic carbocycles. The number of aliphatic carboxylic acids is 1. The predicted octanol–water partition coefficient (Wildman–Crippen LogP) is 5.47. The van der Waals surface area contributed by atoms with Gasteiger partial charge in [-0.05, 0) is 81.6 Å². The number of likely N-dealkylation sites (N-methyl/N-ethyl adjacent to an activating group) is 2. The van der Waals surface area contributed by atoms with E-state index in [2.05, 4.69) is 15.6 Å². The number of carbonyl (C=O) groups excluding carboxylic acids is 4. The van der Waals surface area contributed by atoms with Crippen molar-refractivity contribution in [1.82, 2.24) is 25.4 Å². The van der Waals surface area contributed by atoms with E-state index in [9.17, 15) is 42.3 Å². The summed E-state index contributed by atoms with van der Waals surface area (Å²) in [6.07, 6.45) is -0.821. The number of benzene rings is 1. The van der Waals surface area contributed by atoms with E-state index >= 15 is 0 Å². The van der Waals surface area contributed by atoms with E-state index in [0.29, 0.717) is 10.6 Å². The quantitative estimate of drug-likeness (QED) is 0.177. The molecule has 3 amide bonds. The number of likely N-dealkylation sites (tertiary alicyclic amines) is 1. The van der Waals surface area contributed by atoms with Crippen LogP contribution in [0.5, 0.6) is 0 Å². The number of aromatic nitrogens is 1. The molecule has 4 rings (SSSR count). The van der Waals surface area contributed by atoms with E-state index in [4.69, 9.17) is 4.74 Å². The number of piperidine rings is 1. The molecule has 6 atom stereocenters. The minimum Gasteiger partial charge on any atom is -0.481 e. The highest BCUT2D eigenvalue weighted by molar-refractivity contribution is 7.09. The number of halogens is 3. The second-order valence-corrected chi connectivity index (χ2v) is 15.9. The van der Waals surface area contributed by atoms with Crippen molar-refractivity contribution in [3.05, 3.63) is 51.5 Å². The molecule has 2 aromatic rings. The fourth-order valence-electron chi connectivity index (χ4n) is 6.98. The van der Waals surface area contributed by atoms with Gasteiger partial charge in [0.2, 0.25) is 11.8 Å². The normalized spacial score (nSPS) is 19.3. The maximum atomic E-state index is 14.1. The molecule has 2 fully saturated rings. The molecule has 54 heavy (non-hydrogen) atoms. The number of nitrogens with one attached hydrogen (secondary N) is 2. The van der Waals surface area contributed by atoms with Gasteiger partial charge in [0.15, 0.2) is 6.10 Å². The van der Waals surface area contributed by atoms with Crippen molar-refractivity contribution in [2.75, 3.05) is 20.6 Å². The van der Waals surface area contributed by atoms with Crippen molar-refractivity contribution in [2.24, 2.45) is 17.8 Å². The zero-order chi connectivity index (χ0) is 39.9. The minimum absolute atomic E-state index is 0.00521. The molecule has 3 N–H and O–H groups in total. The van der Waals surface area contributed by atoms with E-state index < -0.39 is 59.7 Å². The van der Waals surface area contributed by atoms with E-state index in [1.54, 1.807) is 11.9 Å². The Kier molecular flexibility index (Phi) is 14.6. The molecule has 0 spiro atoms. The predicted molar refractivity (Wildman–Crippen MR) is 195 cm³/mol. The third kappa shape index (κ3) is 11.7. The summed E-state index contributed by atoms with van der Waals surface area (Å²) in [5, 5.41) is 17.2. The van der Waals surface area contributed by atoms with Crippen LogP contribution in [0.25, 0.3) is 0 Å². The smallest absolute Gasteiger partial charge is 0.416 e. The van der Waals surface area contributed by atoms with Gasteiger partial charge in [0.1, 0.15) is 16.7 Å². The number of carbonyl (C=O) groups is 5. The standard InChI is InChI=1S/C38H52F3N5O7S/c1-21(2)30(46(6)36(50)32(25-12-13-25)44-34(49)29-9-7-8-16-45(29)5)19-31(53-23(4)47)35-43-28(20-54-35)33(48)42-27(17-22(3)37(51)52)18-24-10-14-26(15-11-24)38(39,40)41/h10-11,14-15,20-22,25,27,29-32H,7-9,12-13,16-19H2,1-6H3,(H,42,48)(H,44,49)(H,51,52)/t22-,27+,29+,30+,31+,32-/m0/s1. The first-order valence-corrected chi connectivity index (χ1v) is 19.3. The number of thiazole rings is 1. The van der Waals surface area contributed by atoms with E-state index in [0.717, 1.165) is 62.1 Å². The second kappa shape index (κ2) is 18.5. The Morgan fingerprint density at radius 1 is 1.04 bits per heavy atom. The van der Waals surface area contributed by atoms with Gasteiger partial charge in [-0.25, -0.2) is 4.98 Å². The van der Waals surface area contributed by atoms with E-state index in [-0.39, 0.29) is 54.6 Å². The van der Waals surface area contributed by atoms with Crippen LogP contribution in [0.4, 0.5) is 13.2 Å². The maximum absolute atomic E-state index is 14.1. The van der Waals surface area contributed by atoms with Gasteiger partial charge in [-0.15, -0.1) is 11.3 Å². The van der Waals surface area contributed by atoms with E-state index in [1.165, 1.54) is 31.4 Å². The molecule has 1 aromatic heterocycles. The van der Waals surface area contributed by atoms with Crippen LogP contribution in [0.1, 0.15) is 105 Å². The van der Waals surface area contributed by atoms with Crippen molar-refractivity contribution >= 4 is 41.0 Å². The molecule has 2 aliphatic rings. The van der Waals surface area contributed by atoms with Gasteiger partial charge in [-0.2, -0.15) is 13.2 Å². The molecule has 12 nitrogen and oxygen atoms in total. The lowest BCUT2D eigenvalue weighted by Crippen LogP contribution is -2.56. The van der Waals surface area contributed by atoms with Crippen molar-refractivity contribution < 1.29 is 47.0 Å². The Morgan fingerprint density at radius 3 is 2.26 bits per heavy atom. The summed E-state index contributed by atoms with van der Waals surface area (Å²) >= 11 is 1.09. The van der Waals surface area contributed by atoms with Gasteiger partial charge in [-0.1, -0.05) is 39.3 Å². The number of alkyl halides is 3. The van der Waals surface area contributed by atoms with Gasteiger partial charge in [0.05, 0.1) is 17.5 Å². The fourth-order valence-corrected chi connectivity index (χ4v) is 7.82. The van der Waals surface area contributed by atoms with Crippen LogP contribution >= 0.6 is 11.3 Å². The molecule has 298 valence electrons. The van der Waals surface area contributed by atoms with Gasteiger partial charge in [0.25, 0.3) is 5.91 Å². The summed E-state index contributed by atoms with van der Waals surface area (Å²) < 4.78 is 45.0. The highest BCUT2D eigenvalue weighted by Crippen LogP contribution is 2.36. The summed E-state index contributed by atoms with van der Waals surface area (Å²) in [6.45, 7) is 7.43. The summed E-state index contributed by atoms with van der Waals surface area (Å²) in [5.41, 5.74) is -0.360. The Balaban J connectivity index is 1.49. The zero-order valence-corrected chi connectivity index (χ0v) is 32.5. The van der Waals surface area contributed by atoms with Crippen LogP contribution in [-0.4, -0.2) is 94.4 Å². The number of carboxylic acids is 1. The molecular formula is C38H52F3N5O7S. The lowest BCUT2D eigenvalue weighted by Gasteiger charge is -2.37. The Morgan fingerprint density at radius 2 is 1.70 bits per heavy atom. The van der Waals surface area contributed by atoms with Gasteiger partial charge < -0.3 is 25.4 Å². The Hall–Kier alpha value is -4.05. The molecule has 16 heteroatoms. The van der Waals surface area contributed by atoms with Gasteiger partial charge >= 0.3 is 18.1 Å². The summed E-state index contributed by atoms with van der Waals surface area (Å²) in [5.74, 6) is -3.60. The first-order chi connectivity index (χ1) is 25.3. The fraction of sp³-hybridized carbons (Fsp3) is 0.632. The number of nitrogens with zero attached hydrogens (tertiary/aromatic N) is 3. The molecule has 0 unspecified atom stereocenters. The second-order valence-electron chi connectivity index (χ2n) is 15.0. The average Bonchev–Trinajstić information content (AvgIpc) is 3.82. The first-order valence-electron chi connectivity index (χ1n) is 18.4. The number of rotatable bonds is 17. The summed E-state index contributed by atoms with van der Waals surface area (Å²) in [4.78, 5) is 72.9. The summed E-state index contributed by atoms with van der Waals surface area (Å²) in [7, 11) is 3.60. The molecule has 1 aliphatic heterocycles. The van der Waals surface area contributed by atoms with Crippen LogP contribution < -0.4 is 10.6 Å². The molecule has 1 saturated heterocycles. The van der Waals surface area contributed by atoms with Crippen LogP contribution in [0.2, 0.25) is 0 Å². The van der Waals surface area contributed by atoms with Gasteiger partial charge in [-0.3, -0.25) is 28.9 Å². The van der Waals surface area contributed by atoms with Crippen LogP contribution in [0.3, 0.4) is 0 Å². The van der Waals surface area contributed by atoms with Crippen molar-refractivity contribution in [1.29, 1.82) is 0 Å². The van der Waals surface area contributed by atoms with Crippen molar-refractivity contribution in [2.45, 2.75) is 116 Å². The zero-order valence-electron chi connectivity index (χ0n) is 31.7. The largest absolute Gasteiger partial charge is 0.481 e. The number of hydrogen-bond acceptors (Lipinski definition) is 9. The SMILES string of the molecule is CC(=O)O[C@H](C[C@H](C(C)C)N(C)C(=O)[C@@H](NC(=O)[C@H]1CCCCN1C)C1CC1)c1nc(C(=O)N[C@@H](Cc2ccc(C(F)(F)F)cc2)C[C@H](C)C(=O)O)cs1. The molecule has 0 radical (unpaired) electrons. The van der Waals surface area contributed by atoms with Gasteiger partial charge in [0, 0.05) is 37.9 Å². The summed E-state index contributed by atoms with van der Waals surface area (Å²) in [6, 6.07) is 2.30. The van der Waals surface area contributed by atoms with Crippen LogP contribution in [0.15, 0.2) is 29.6 Å². The number of amides is 3. The lowest BCUT2D eigenvalue weighted by molar-refractivity contribution is -0.149. The number of carboxylic acid groups (broad SMARTS) is 1. The number of esters is 1. The molecule has 0 bridgehead atoms. The third-order valence-corrected chi connectivity index (χ3v) is 11.2. The average molecular weight is 780 g/mol. The Labute approximate surface area is 318 Å². The highest BCUT2D eigenvalue weighted by atomic mass is 32.1. The van der Waals surface area contributed by atoms with Crippen molar-refractivity contribution in [3.8, 4) is 0 Å². The number of hydrogen-bond donors (Lipinski definition) is 3. The highest BCUT2D eigenvalue weighted by Gasteiger charge is 2.42. The third-order valence-electron chi connectivity index (χ3n) is 10.3. The van der Waals surface area contributed by atoms with E-state index in [1.807, 2.05) is 25.8 Å². The molecule has 1 aromatic carbocycles.